The van der Waals surface area contributed by atoms with Crippen LogP contribution in [0.3, 0.4) is 0 Å². The maximum absolute atomic E-state index is 15.1. The number of rotatable bonds is 2. The summed E-state index contributed by atoms with van der Waals surface area (Å²) in [5, 5.41) is 4.23. The lowest BCUT2D eigenvalue weighted by Gasteiger charge is -2.51. The van der Waals surface area contributed by atoms with Gasteiger partial charge in [0.15, 0.2) is 17.5 Å². The zero-order valence-corrected chi connectivity index (χ0v) is 19.5. The van der Waals surface area contributed by atoms with Crippen LogP contribution in [0.1, 0.15) is 24.5 Å². The van der Waals surface area contributed by atoms with Crippen LogP contribution in [0.5, 0.6) is 0 Å². The third-order valence-electron chi connectivity index (χ3n) is 6.36. The normalized spacial score (nSPS) is 19.8. The van der Waals surface area contributed by atoms with Crippen molar-refractivity contribution in [1.82, 2.24) is 14.7 Å². The van der Waals surface area contributed by atoms with Gasteiger partial charge in [0, 0.05) is 43.5 Å². The largest absolute Gasteiger partial charge is 0.332 e. The van der Waals surface area contributed by atoms with E-state index in [9.17, 15) is 14.4 Å². The SMILES string of the molecule is Cn1ccc(N2CCN3C(=O)N(c4c(F)cc(C#Cc5ccccc5)cc4F)C(=O)C[C@@]3(C)C2=O)n1. The topological polar surface area (TPSA) is 78.8 Å². The molecule has 2 fully saturated rings. The van der Waals surface area contributed by atoms with Gasteiger partial charge in [-0.05, 0) is 31.2 Å². The number of urea groups is 1. The quantitative estimate of drug-likeness (QED) is 0.519. The fourth-order valence-corrected chi connectivity index (χ4v) is 4.54. The molecule has 36 heavy (non-hydrogen) atoms. The number of benzene rings is 2. The molecule has 0 bridgehead atoms. The van der Waals surface area contributed by atoms with Crippen LogP contribution in [0.4, 0.5) is 25.1 Å². The summed E-state index contributed by atoms with van der Waals surface area (Å²) in [6.45, 7) is 1.66. The number of hydrogen-bond acceptors (Lipinski definition) is 4. The van der Waals surface area contributed by atoms with Crippen molar-refractivity contribution in [3.05, 3.63) is 77.5 Å². The minimum atomic E-state index is -1.51. The minimum Gasteiger partial charge on any atom is -0.307 e. The van der Waals surface area contributed by atoms with E-state index >= 15 is 8.78 Å². The number of anilines is 2. The number of aryl methyl sites for hydroxylation is 1. The molecule has 0 aliphatic carbocycles. The van der Waals surface area contributed by atoms with E-state index in [4.69, 9.17) is 0 Å². The predicted octanol–water partition coefficient (Wildman–Crippen LogP) is 3.06. The fourth-order valence-electron chi connectivity index (χ4n) is 4.54. The van der Waals surface area contributed by atoms with Gasteiger partial charge in [-0.3, -0.25) is 19.2 Å². The number of amides is 4. The van der Waals surface area contributed by atoms with E-state index in [1.54, 1.807) is 43.6 Å². The van der Waals surface area contributed by atoms with Gasteiger partial charge in [0.2, 0.25) is 5.91 Å². The molecule has 3 heterocycles. The molecule has 3 aromatic rings. The number of imide groups is 1. The van der Waals surface area contributed by atoms with Crippen molar-refractivity contribution in [2.45, 2.75) is 18.9 Å². The Morgan fingerprint density at radius 1 is 0.944 bits per heavy atom. The van der Waals surface area contributed by atoms with Crippen LogP contribution in [0.15, 0.2) is 54.7 Å². The molecule has 4 amide bonds. The summed E-state index contributed by atoms with van der Waals surface area (Å²) < 4.78 is 31.7. The van der Waals surface area contributed by atoms with Crippen molar-refractivity contribution in [2.24, 2.45) is 7.05 Å². The van der Waals surface area contributed by atoms with Gasteiger partial charge in [0.05, 0.1) is 6.42 Å². The summed E-state index contributed by atoms with van der Waals surface area (Å²) in [5.74, 6) is 2.33. The molecule has 0 unspecified atom stereocenters. The van der Waals surface area contributed by atoms with E-state index in [0.29, 0.717) is 16.3 Å². The average molecular weight is 489 g/mol. The van der Waals surface area contributed by atoms with Gasteiger partial charge in [-0.1, -0.05) is 30.0 Å². The Morgan fingerprint density at radius 2 is 1.61 bits per heavy atom. The first kappa shape index (κ1) is 23.2. The Bertz CT molecular complexity index is 1440. The van der Waals surface area contributed by atoms with E-state index in [1.165, 1.54) is 21.4 Å². The fraction of sp³-hybridized carbons (Fsp3) is 0.231. The summed E-state index contributed by atoms with van der Waals surface area (Å²) in [7, 11) is 1.71. The Hall–Kier alpha value is -4.52. The second-order valence-corrected chi connectivity index (χ2v) is 8.82. The Labute approximate surface area is 205 Å². The summed E-state index contributed by atoms with van der Waals surface area (Å²) >= 11 is 0. The average Bonchev–Trinajstić information content (AvgIpc) is 3.27. The number of aromatic nitrogens is 2. The maximum Gasteiger partial charge on any atom is 0.332 e. The third-order valence-corrected chi connectivity index (χ3v) is 6.36. The molecule has 2 aliphatic heterocycles. The highest BCUT2D eigenvalue weighted by Crippen LogP contribution is 2.37. The lowest BCUT2D eigenvalue weighted by Crippen LogP contribution is -2.73. The van der Waals surface area contributed by atoms with Gasteiger partial charge in [-0.15, -0.1) is 0 Å². The van der Waals surface area contributed by atoms with Gasteiger partial charge < -0.3 is 4.90 Å². The van der Waals surface area contributed by atoms with Crippen LogP contribution in [0.2, 0.25) is 0 Å². The highest BCUT2D eigenvalue weighted by molar-refractivity contribution is 6.20. The van der Waals surface area contributed by atoms with Crippen molar-refractivity contribution in [3.63, 3.8) is 0 Å². The number of hydrogen-bond donors (Lipinski definition) is 0. The van der Waals surface area contributed by atoms with E-state index < -0.39 is 47.1 Å². The van der Waals surface area contributed by atoms with Crippen LogP contribution in [0, 0.1) is 23.5 Å². The summed E-state index contributed by atoms with van der Waals surface area (Å²) in [6.07, 6.45) is 1.24. The summed E-state index contributed by atoms with van der Waals surface area (Å²) in [4.78, 5) is 42.9. The number of fused-ring (bicyclic) bond motifs is 1. The van der Waals surface area contributed by atoms with E-state index in [-0.39, 0.29) is 18.7 Å². The molecular formula is C26H21F2N5O3. The second-order valence-electron chi connectivity index (χ2n) is 8.82. The van der Waals surface area contributed by atoms with E-state index in [1.807, 2.05) is 6.07 Å². The Morgan fingerprint density at radius 3 is 2.25 bits per heavy atom. The van der Waals surface area contributed by atoms with Crippen molar-refractivity contribution in [2.75, 3.05) is 22.9 Å². The van der Waals surface area contributed by atoms with Gasteiger partial charge in [-0.25, -0.2) is 18.5 Å². The van der Waals surface area contributed by atoms with Crippen LogP contribution >= 0.6 is 0 Å². The van der Waals surface area contributed by atoms with E-state index in [2.05, 4.69) is 16.9 Å². The molecule has 0 radical (unpaired) electrons. The second kappa shape index (κ2) is 8.61. The van der Waals surface area contributed by atoms with Gasteiger partial charge >= 0.3 is 6.03 Å². The smallest absolute Gasteiger partial charge is 0.307 e. The predicted molar refractivity (Wildman–Crippen MR) is 127 cm³/mol. The first-order valence-electron chi connectivity index (χ1n) is 11.2. The van der Waals surface area contributed by atoms with Crippen molar-refractivity contribution >= 4 is 29.4 Å². The molecular weight excluding hydrogens is 468 g/mol. The molecule has 2 aromatic carbocycles. The van der Waals surface area contributed by atoms with E-state index in [0.717, 1.165) is 12.1 Å². The summed E-state index contributed by atoms with van der Waals surface area (Å²) in [5.41, 5.74) is -1.57. The lowest BCUT2D eigenvalue weighted by atomic mass is 9.88. The lowest BCUT2D eigenvalue weighted by molar-refractivity contribution is -0.137. The molecule has 2 aliphatic rings. The standard InChI is InChI=1S/C26H21F2N5O3/c1-26-16-22(34)33(25(36)32(26)13-12-31(24(26)35)21-10-11-30(2)29-21)23-19(27)14-18(15-20(23)28)9-8-17-6-4-3-5-7-17/h3-7,10-11,14-15H,12-13,16H2,1-2H3/t26-/m0/s1. The Balaban J connectivity index is 1.44. The molecule has 1 aromatic heterocycles. The first-order valence-corrected chi connectivity index (χ1v) is 11.2. The third kappa shape index (κ3) is 3.79. The van der Waals surface area contributed by atoms with Crippen LogP contribution in [0.25, 0.3) is 0 Å². The molecule has 0 spiro atoms. The molecule has 0 saturated carbocycles. The minimum absolute atomic E-state index is 0.0542. The number of piperazine rings is 1. The van der Waals surface area contributed by atoms with Crippen molar-refractivity contribution in [1.29, 1.82) is 0 Å². The molecule has 1 atom stereocenters. The number of carbonyl (C=O) groups excluding carboxylic acids is 3. The number of halogens is 2. The molecule has 2 saturated heterocycles. The van der Waals surface area contributed by atoms with Crippen molar-refractivity contribution in [3.8, 4) is 11.8 Å². The van der Waals surface area contributed by atoms with Gasteiger partial charge in [0.25, 0.3) is 5.91 Å². The van der Waals surface area contributed by atoms with Crippen LogP contribution < -0.4 is 9.80 Å². The van der Waals surface area contributed by atoms with Gasteiger partial charge in [0.1, 0.15) is 11.2 Å². The highest BCUT2D eigenvalue weighted by atomic mass is 19.1. The number of nitrogens with zero attached hydrogens (tertiary/aromatic N) is 5. The van der Waals surface area contributed by atoms with Crippen LogP contribution in [-0.4, -0.2) is 51.2 Å². The zero-order valence-electron chi connectivity index (χ0n) is 19.5. The molecule has 8 nitrogen and oxygen atoms in total. The molecule has 0 N–H and O–H groups in total. The number of carbonyl (C=O) groups is 3. The van der Waals surface area contributed by atoms with Gasteiger partial charge in [-0.2, -0.15) is 5.10 Å². The molecule has 5 rings (SSSR count). The van der Waals surface area contributed by atoms with Crippen LogP contribution in [-0.2, 0) is 16.6 Å². The monoisotopic (exact) mass is 489 g/mol. The summed E-state index contributed by atoms with van der Waals surface area (Å²) in [6, 6.07) is 11.6. The zero-order chi connectivity index (χ0) is 25.6. The highest BCUT2D eigenvalue weighted by Gasteiger charge is 2.56. The molecule has 10 heteroatoms. The first-order chi connectivity index (χ1) is 17.2. The van der Waals surface area contributed by atoms with Crippen molar-refractivity contribution < 1.29 is 23.2 Å². The molecule has 182 valence electrons. The maximum atomic E-state index is 15.1. The Kier molecular flexibility index (Phi) is 5.55.